The number of benzene rings is 2. The lowest BCUT2D eigenvalue weighted by Crippen LogP contribution is -2.38. The number of hydrogen-bond acceptors (Lipinski definition) is 3. The Morgan fingerprint density at radius 1 is 1.21 bits per heavy atom. The summed E-state index contributed by atoms with van der Waals surface area (Å²) in [7, 11) is 1.46. The highest BCUT2D eigenvalue weighted by Gasteiger charge is 2.07. The lowest BCUT2D eigenvalue weighted by atomic mass is 10.2. The summed E-state index contributed by atoms with van der Waals surface area (Å²) in [6.45, 7) is 6.85. The molecule has 3 aromatic rings. The van der Waals surface area contributed by atoms with E-state index in [0.717, 1.165) is 54.4 Å². The topological polar surface area (TPSA) is 63.5 Å². The SMILES string of the molecule is CCNC(=NCc1ccc(OC)c(F)c1)NCCCn1c(C)nc2ccccc21. The van der Waals surface area contributed by atoms with Crippen molar-refractivity contribution in [1.82, 2.24) is 20.2 Å². The van der Waals surface area contributed by atoms with Gasteiger partial charge < -0.3 is 19.9 Å². The zero-order valence-corrected chi connectivity index (χ0v) is 17.2. The number of imidazole rings is 1. The molecule has 0 atom stereocenters. The van der Waals surface area contributed by atoms with Gasteiger partial charge in [-0.15, -0.1) is 0 Å². The molecule has 0 fully saturated rings. The van der Waals surface area contributed by atoms with Crippen molar-refractivity contribution in [3.8, 4) is 5.75 Å². The minimum atomic E-state index is -0.374. The van der Waals surface area contributed by atoms with Crippen LogP contribution in [-0.4, -0.2) is 35.7 Å². The second kappa shape index (κ2) is 9.91. The Balaban J connectivity index is 1.55. The van der Waals surface area contributed by atoms with Gasteiger partial charge in [-0.2, -0.15) is 0 Å². The Morgan fingerprint density at radius 2 is 2.03 bits per heavy atom. The van der Waals surface area contributed by atoms with Gasteiger partial charge in [-0.3, -0.25) is 0 Å². The number of aliphatic imine (C=N–C) groups is 1. The number of rotatable bonds is 8. The molecule has 7 heteroatoms. The number of nitrogens with one attached hydrogen (secondary N) is 2. The largest absolute Gasteiger partial charge is 0.494 e. The molecule has 29 heavy (non-hydrogen) atoms. The Labute approximate surface area is 170 Å². The number of para-hydroxylation sites is 2. The molecule has 0 spiro atoms. The van der Waals surface area contributed by atoms with Crippen LogP contribution in [0.5, 0.6) is 5.75 Å². The van der Waals surface area contributed by atoms with Crippen molar-refractivity contribution in [2.24, 2.45) is 4.99 Å². The van der Waals surface area contributed by atoms with Crippen molar-refractivity contribution < 1.29 is 9.13 Å². The van der Waals surface area contributed by atoms with Gasteiger partial charge in [0.15, 0.2) is 17.5 Å². The fraction of sp³-hybridized carbons (Fsp3) is 0.364. The molecular formula is C22H28FN5O. The highest BCUT2D eigenvalue weighted by Crippen LogP contribution is 2.18. The third-order valence-corrected chi connectivity index (χ3v) is 4.68. The fourth-order valence-corrected chi connectivity index (χ4v) is 3.24. The number of fused-ring (bicyclic) bond motifs is 1. The van der Waals surface area contributed by atoms with Crippen LogP contribution in [0.4, 0.5) is 4.39 Å². The molecule has 0 saturated carbocycles. The van der Waals surface area contributed by atoms with Crippen LogP contribution in [0.3, 0.4) is 0 Å². The highest BCUT2D eigenvalue weighted by molar-refractivity contribution is 5.79. The standard InChI is InChI=1S/C22H28FN5O/c1-4-24-22(26-15-17-10-11-21(29-3)18(23)14-17)25-12-7-13-28-16(2)27-19-8-5-6-9-20(19)28/h5-6,8-11,14H,4,7,12-13,15H2,1-3H3,(H2,24,25,26). The molecule has 0 aliphatic carbocycles. The van der Waals surface area contributed by atoms with Crippen molar-refractivity contribution in [2.45, 2.75) is 33.4 Å². The first-order valence-corrected chi connectivity index (χ1v) is 9.88. The van der Waals surface area contributed by atoms with Crippen LogP contribution in [0.1, 0.15) is 24.7 Å². The lowest BCUT2D eigenvalue weighted by molar-refractivity contribution is 0.386. The maximum Gasteiger partial charge on any atom is 0.191 e. The molecule has 0 bridgehead atoms. The van der Waals surface area contributed by atoms with Crippen molar-refractivity contribution in [3.63, 3.8) is 0 Å². The van der Waals surface area contributed by atoms with E-state index in [4.69, 9.17) is 4.74 Å². The number of halogens is 1. The molecule has 1 aromatic heterocycles. The quantitative estimate of drug-likeness (QED) is 0.346. The van der Waals surface area contributed by atoms with Gasteiger partial charge in [-0.1, -0.05) is 18.2 Å². The van der Waals surface area contributed by atoms with Gasteiger partial charge in [0.05, 0.1) is 24.7 Å². The molecule has 0 radical (unpaired) electrons. The van der Waals surface area contributed by atoms with E-state index < -0.39 is 0 Å². The molecule has 3 rings (SSSR count). The van der Waals surface area contributed by atoms with Crippen molar-refractivity contribution in [2.75, 3.05) is 20.2 Å². The first-order chi connectivity index (χ1) is 14.1. The van der Waals surface area contributed by atoms with Crippen LogP contribution in [0, 0.1) is 12.7 Å². The molecule has 0 saturated heterocycles. The number of ether oxygens (including phenoxy) is 1. The van der Waals surface area contributed by atoms with Crippen molar-refractivity contribution >= 4 is 17.0 Å². The molecule has 2 N–H and O–H groups in total. The number of hydrogen-bond donors (Lipinski definition) is 2. The van der Waals surface area contributed by atoms with E-state index >= 15 is 0 Å². The smallest absolute Gasteiger partial charge is 0.191 e. The van der Waals surface area contributed by atoms with Crippen LogP contribution < -0.4 is 15.4 Å². The summed E-state index contributed by atoms with van der Waals surface area (Å²) in [5, 5.41) is 6.57. The average molecular weight is 397 g/mol. The first-order valence-electron chi connectivity index (χ1n) is 9.88. The number of aromatic nitrogens is 2. The van der Waals surface area contributed by atoms with E-state index in [1.807, 2.05) is 38.1 Å². The lowest BCUT2D eigenvalue weighted by Gasteiger charge is -2.12. The van der Waals surface area contributed by atoms with E-state index in [1.54, 1.807) is 6.07 Å². The average Bonchev–Trinajstić information content (AvgIpc) is 3.04. The second-order valence-corrected chi connectivity index (χ2v) is 6.74. The molecule has 154 valence electrons. The van der Waals surface area contributed by atoms with Crippen molar-refractivity contribution in [1.29, 1.82) is 0 Å². The Kier molecular flexibility index (Phi) is 7.05. The summed E-state index contributed by atoms with van der Waals surface area (Å²) in [5.74, 6) is 1.61. The summed E-state index contributed by atoms with van der Waals surface area (Å²) in [6, 6.07) is 13.1. The Morgan fingerprint density at radius 3 is 2.79 bits per heavy atom. The van der Waals surface area contributed by atoms with Crippen LogP contribution in [-0.2, 0) is 13.1 Å². The summed E-state index contributed by atoms with van der Waals surface area (Å²) < 4.78 is 21.0. The molecule has 0 unspecified atom stereocenters. The summed E-state index contributed by atoms with van der Waals surface area (Å²) in [4.78, 5) is 9.16. The maximum absolute atomic E-state index is 13.8. The van der Waals surface area contributed by atoms with Gasteiger partial charge in [0.1, 0.15) is 5.82 Å². The normalized spacial score (nSPS) is 11.7. The minimum Gasteiger partial charge on any atom is -0.494 e. The molecular weight excluding hydrogens is 369 g/mol. The predicted octanol–water partition coefficient (Wildman–Crippen LogP) is 3.64. The van der Waals surface area contributed by atoms with Crippen LogP contribution in [0.15, 0.2) is 47.5 Å². The van der Waals surface area contributed by atoms with Gasteiger partial charge in [0.2, 0.25) is 0 Å². The summed E-state index contributed by atoms with van der Waals surface area (Å²) in [6.07, 6.45) is 0.933. The van der Waals surface area contributed by atoms with Crippen LogP contribution >= 0.6 is 0 Å². The molecule has 0 amide bonds. The van der Waals surface area contributed by atoms with E-state index in [2.05, 4.69) is 31.2 Å². The predicted molar refractivity (Wildman–Crippen MR) is 115 cm³/mol. The minimum absolute atomic E-state index is 0.241. The van der Waals surface area contributed by atoms with Crippen LogP contribution in [0.25, 0.3) is 11.0 Å². The fourth-order valence-electron chi connectivity index (χ4n) is 3.24. The third-order valence-electron chi connectivity index (χ3n) is 4.68. The van der Waals surface area contributed by atoms with Gasteiger partial charge in [-0.25, -0.2) is 14.4 Å². The Hall–Kier alpha value is -3.09. The molecule has 0 aliphatic rings. The molecule has 0 aliphatic heterocycles. The van der Waals surface area contributed by atoms with E-state index in [1.165, 1.54) is 13.2 Å². The molecule has 6 nitrogen and oxygen atoms in total. The van der Waals surface area contributed by atoms with Gasteiger partial charge >= 0.3 is 0 Å². The number of nitrogens with zero attached hydrogens (tertiary/aromatic N) is 3. The zero-order chi connectivity index (χ0) is 20.6. The zero-order valence-electron chi connectivity index (χ0n) is 17.2. The molecule has 2 aromatic carbocycles. The monoisotopic (exact) mass is 397 g/mol. The van der Waals surface area contributed by atoms with E-state index in [-0.39, 0.29) is 11.6 Å². The third kappa shape index (κ3) is 5.25. The first kappa shape index (κ1) is 20.6. The van der Waals surface area contributed by atoms with Gasteiger partial charge in [-0.05, 0) is 50.1 Å². The summed E-state index contributed by atoms with van der Waals surface area (Å²) in [5.41, 5.74) is 2.98. The highest BCUT2D eigenvalue weighted by atomic mass is 19.1. The molecule has 1 heterocycles. The van der Waals surface area contributed by atoms with Crippen molar-refractivity contribution in [3.05, 3.63) is 59.7 Å². The van der Waals surface area contributed by atoms with Gasteiger partial charge in [0.25, 0.3) is 0 Å². The second-order valence-electron chi connectivity index (χ2n) is 6.74. The van der Waals surface area contributed by atoms with Gasteiger partial charge in [0, 0.05) is 19.6 Å². The number of methoxy groups -OCH3 is 1. The summed E-state index contributed by atoms with van der Waals surface area (Å²) >= 11 is 0. The van der Waals surface area contributed by atoms with E-state index in [9.17, 15) is 4.39 Å². The number of aryl methyl sites for hydroxylation is 2. The maximum atomic E-state index is 13.8. The Bertz CT molecular complexity index is 982. The van der Waals surface area contributed by atoms with Crippen LogP contribution in [0.2, 0.25) is 0 Å². The van der Waals surface area contributed by atoms with E-state index in [0.29, 0.717) is 6.54 Å². The number of guanidine groups is 1.